The molecule has 0 radical (unpaired) electrons. The number of piperidine rings is 1. The first-order chi connectivity index (χ1) is 11.1. The SMILES string of the molecule is CCS(=O)(=O)N1CCC(NC(=NC)NCCS(=O)C(C)(C)C)CC1.I. The van der Waals surface area contributed by atoms with Gasteiger partial charge in [0.1, 0.15) is 0 Å². The largest absolute Gasteiger partial charge is 0.355 e. The molecule has 1 aliphatic heterocycles. The van der Waals surface area contributed by atoms with E-state index in [-0.39, 0.29) is 40.5 Å². The number of hydrogen-bond donors (Lipinski definition) is 2. The highest BCUT2D eigenvalue weighted by Crippen LogP contribution is 2.14. The molecule has 0 aliphatic carbocycles. The molecule has 1 fully saturated rings. The Kier molecular flexibility index (Phi) is 11.1. The van der Waals surface area contributed by atoms with E-state index in [1.807, 2.05) is 20.8 Å². The van der Waals surface area contributed by atoms with E-state index in [9.17, 15) is 12.6 Å². The maximum Gasteiger partial charge on any atom is 0.213 e. The Morgan fingerprint density at radius 3 is 2.28 bits per heavy atom. The number of halogens is 1. The molecule has 0 aromatic rings. The highest BCUT2D eigenvalue weighted by atomic mass is 127. The van der Waals surface area contributed by atoms with E-state index in [4.69, 9.17) is 0 Å². The summed E-state index contributed by atoms with van der Waals surface area (Å²) in [5.41, 5.74) is 0. The first-order valence-corrected chi connectivity index (χ1v) is 11.4. The maximum atomic E-state index is 12.0. The van der Waals surface area contributed by atoms with Crippen LogP contribution in [0.1, 0.15) is 40.5 Å². The van der Waals surface area contributed by atoms with Gasteiger partial charge >= 0.3 is 0 Å². The van der Waals surface area contributed by atoms with Gasteiger partial charge < -0.3 is 10.6 Å². The monoisotopic (exact) mass is 508 g/mol. The lowest BCUT2D eigenvalue weighted by molar-refractivity contribution is 0.306. The third-order valence-electron chi connectivity index (χ3n) is 4.04. The van der Waals surface area contributed by atoms with Gasteiger partial charge in [-0.1, -0.05) is 0 Å². The summed E-state index contributed by atoms with van der Waals surface area (Å²) in [6.45, 7) is 9.24. The van der Waals surface area contributed by atoms with Gasteiger partial charge in [-0.2, -0.15) is 0 Å². The van der Waals surface area contributed by atoms with Gasteiger partial charge in [-0.15, -0.1) is 24.0 Å². The number of sulfonamides is 1. The van der Waals surface area contributed by atoms with E-state index < -0.39 is 20.8 Å². The number of rotatable bonds is 6. The van der Waals surface area contributed by atoms with Crippen LogP contribution < -0.4 is 10.6 Å². The van der Waals surface area contributed by atoms with Crippen molar-refractivity contribution in [1.29, 1.82) is 0 Å². The Bertz CT molecular complexity index is 554. The molecule has 0 aromatic heterocycles. The second kappa shape index (κ2) is 11.0. The zero-order valence-electron chi connectivity index (χ0n) is 15.9. The highest BCUT2D eigenvalue weighted by molar-refractivity contribution is 14.0. The Labute approximate surface area is 172 Å². The van der Waals surface area contributed by atoms with Crippen molar-refractivity contribution in [1.82, 2.24) is 14.9 Å². The van der Waals surface area contributed by atoms with Crippen molar-refractivity contribution in [3.63, 3.8) is 0 Å². The van der Waals surface area contributed by atoms with E-state index in [2.05, 4.69) is 15.6 Å². The Balaban J connectivity index is 0.00000576. The number of guanidine groups is 1. The van der Waals surface area contributed by atoms with Crippen LogP contribution in [0.5, 0.6) is 0 Å². The van der Waals surface area contributed by atoms with Gasteiger partial charge in [-0.05, 0) is 40.5 Å². The summed E-state index contributed by atoms with van der Waals surface area (Å²) in [6, 6.07) is 0.201. The summed E-state index contributed by atoms with van der Waals surface area (Å²) in [7, 11) is -2.29. The van der Waals surface area contributed by atoms with Crippen LogP contribution >= 0.6 is 24.0 Å². The van der Waals surface area contributed by atoms with Gasteiger partial charge in [0, 0.05) is 54.0 Å². The number of nitrogens with zero attached hydrogens (tertiary/aromatic N) is 2. The quantitative estimate of drug-likeness (QED) is 0.319. The van der Waals surface area contributed by atoms with Crippen LogP contribution in [0.25, 0.3) is 0 Å². The first-order valence-electron chi connectivity index (χ1n) is 8.43. The summed E-state index contributed by atoms with van der Waals surface area (Å²) in [6.07, 6.45) is 1.52. The van der Waals surface area contributed by atoms with Crippen LogP contribution in [0.2, 0.25) is 0 Å². The lowest BCUT2D eigenvalue weighted by Crippen LogP contribution is -2.50. The average Bonchev–Trinajstić information content (AvgIpc) is 2.53. The van der Waals surface area contributed by atoms with Crippen LogP contribution in [0.15, 0.2) is 4.99 Å². The molecule has 0 amide bonds. The van der Waals surface area contributed by atoms with E-state index >= 15 is 0 Å². The predicted molar refractivity (Wildman–Crippen MR) is 117 cm³/mol. The van der Waals surface area contributed by atoms with Crippen LogP contribution in [0.3, 0.4) is 0 Å². The maximum absolute atomic E-state index is 12.0. The van der Waals surface area contributed by atoms with E-state index in [1.165, 1.54) is 0 Å². The third kappa shape index (κ3) is 8.53. The second-order valence-corrected chi connectivity index (χ2v) is 11.5. The fraction of sp³-hybridized carbons (Fsp3) is 0.933. The van der Waals surface area contributed by atoms with Crippen LogP contribution in [0.4, 0.5) is 0 Å². The van der Waals surface area contributed by atoms with Crippen LogP contribution in [-0.4, -0.2) is 71.9 Å². The number of aliphatic imine (C=N–C) groups is 1. The standard InChI is InChI=1S/C15H32N4O3S2.HI/c1-6-24(21,22)19-10-7-13(8-11-19)18-14(16-5)17-9-12-23(20)15(2,3)4;/h13H,6-12H2,1-5H3,(H2,16,17,18);1H. The lowest BCUT2D eigenvalue weighted by Gasteiger charge is -2.32. The number of hydrogen-bond acceptors (Lipinski definition) is 4. The van der Waals surface area contributed by atoms with Gasteiger partial charge in [0.2, 0.25) is 10.0 Å². The molecule has 0 saturated carbocycles. The summed E-state index contributed by atoms with van der Waals surface area (Å²) >= 11 is 0. The molecular formula is C15H33IN4O3S2. The Hall–Kier alpha value is 0.0600. The molecule has 0 aromatic carbocycles. The van der Waals surface area contributed by atoms with Crippen molar-refractivity contribution in [2.45, 2.75) is 51.3 Å². The topological polar surface area (TPSA) is 90.9 Å². The summed E-state index contributed by atoms with van der Waals surface area (Å²) in [5, 5.41) is 6.51. The zero-order valence-corrected chi connectivity index (χ0v) is 19.8. The zero-order chi connectivity index (χ0) is 18.4. The summed E-state index contributed by atoms with van der Waals surface area (Å²) < 4.78 is 37.1. The molecule has 1 unspecified atom stereocenters. The third-order valence-corrected chi connectivity index (χ3v) is 7.86. The van der Waals surface area contributed by atoms with Crippen LogP contribution in [-0.2, 0) is 20.8 Å². The van der Waals surface area contributed by atoms with Crippen molar-refractivity contribution < 1.29 is 12.6 Å². The lowest BCUT2D eigenvalue weighted by atomic mass is 10.1. The minimum absolute atomic E-state index is 0. The molecule has 7 nitrogen and oxygen atoms in total. The predicted octanol–water partition coefficient (Wildman–Crippen LogP) is 1.13. The second-order valence-electron chi connectivity index (χ2n) is 6.88. The molecule has 0 spiro atoms. The molecule has 2 N–H and O–H groups in total. The normalized spacial score (nSPS) is 19.2. The number of nitrogens with one attached hydrogen (secondary N) is 2. The molecule has 25 heavy (non-hydrogen) atoms. The molecule has 1 heterocycles. The van der Waals surface area contributed by atoms with Crippen molar-refractivity contribution >= 4 is 50.8 Å². The van der Waals surface area contributed by atoms with Gasteiger partial charge in [-0.3, -0.25) is 9.20 Å². The molecule has 1 atom stereocenters. The molecule has 150 valence electrons. The first kappa shape index (κ1) is 25.1. The van der Waals surface area contributed by atoms with Gasteiger partial charge in [0.15, 0.2) is 5.96 Å². The molecule has 1 aliphatic rings. The smallest absolute Gasteiger partial charge is 0.213 e. The Morgan fingerprint density at radius 2 is 1.84 bits per heavy atom. The fourth-order valence-electron chi connectivity index (χ4n) is 2.42. The molecular weight excluding hydrogens is 475 g/mol. The van der Waals surface area contributed by atoms with Gasteiger partial charge in [0.05, 0.1) is 5.75 Å². The minimum Gasteiger partial charge on any atom is -0.355 e. The summed E-state index contributed by atoms with van der Waals surface area (Å²) in [4.78, 5) is 4.19. The van der Waals surface area contributed by atoms with Crippen molar-refractivity contribution in [2.75, 3.05) is 38.2 Å². The Morgan fingerprint density at radius 1 is 1.28 bits per heavy atom. The molecule has 1 saturated heterocycles. The summed E-state index contributed by atoms with van der Waals surface area (Å²) in [5.74, 6) is 1.40. The van der Waals surface area contributed by atoms with E-state index in [0.29, 0.717) is 31.3 Å². The van der Waals surface area contributed by atoms with Crippen molar-refractivity contribution in [2.24, 2.45) is 4.99 Å². The van der Waals surface area contributed by atoms with Crippen molar-refractivity contribution in [3.05, 3.63) is 0 Å². The van der Waals surface area contributed by atoms with Gasteiger partial charge in [-0.25, -0.2) is 12.7 Å². The minimum atomic E-state index is -3.09. The van der Waals surface area contributed by atoms with E-state index in [1.54, 1.807) is 18.3 Å². The molecule has 1 rings (SSSR count). The highest BCUT2D eigenvalue weighted by Gasteiger charge is 2.27. The van der Waals surface area contributed by atoms with Crippen LogP contribution in [0, 0.1) is 0 Å². The average molecular weight is 508 g/mol. The molecule has 10 heteroatoms. The fourth-order valence-corrected chi connectivity index (χ4v) is 4.45. The van der Waals surface area contributed by atoms with E-state index in [0.717, 1.165) is 12.8 Å². The van der Waals surface area contributed by atoms with Gasteiger partial charge in [0.25, 0.3) is 0 Å². The van der Waals surface area contributed by atoms with Crippen molar-refractivity contribution in [3.8, 4) is 0 Å². The molecule has 0 bridgehead atoms.